The molecule has 5 nitrogen and oxygen atoms in total. The van der Waals surface area contributed by atoms with E-state index in [2.05, 4.69) is 17.7 Å². The molecule has 24 heavy (non-hydrogen) atoms. The number of amides is 1. The van der Waals surface area contributed by atoms with Gasteiger partial charge in [-0.25, -0.2) is 0 Å². The number of carbonyl (C=O) groups is 1. The summed E-state index contributed by atoms with van der Waals surface area (Å²) in [4.78, 5) is 12.5. The maximum absolute atomic E-state index is 12.5. The smallest absolute Gasteiger partial charge is 0.279 e. The first kappa shape index (κ1) is 16.5. The second kappa shape index (κ2) is 7.47. The molecule has 1 saturated heterocycles. The van der Waals surface area contributed by atoms with Gasteiger partial charge in [0.1, 0.15) is 13.1 Å². The number of hydrogen-bond acceptors (Lipinski definition) is 3. The van der Waals surface area contributed by atoms with Gasteiger partial charge in [-0.3, -0.25) is 4.79 Å². The molecule has 1 aliphatic heterocycles. The van der Waals surface area contributed by atoms with E-state index in [0.717, 1.165) is 47.8 Å². The summed E-state index contributed by atoms with van der Waals surface area (Å²) < 4.78 is 6.12. The van der Waals surface area contributed by atoms with Crippen LogP contribution in [0.2, 0.25) is 0 Å². The van der Waals surface area contributed by atoms with Crippen molar-refractivity contribution >= 4 is 23.0 Å². The van der Waals surface area contributed by atoms with Gasteiger partial charge < -0.3 is 19.9 Å². The number of quaternary nitrogens is 1. The molecule has 1 aliphatic rings. The van der Waals surface area contributed by atoms with Crippen molar-refractivity contribution < 1.29 is 14.0 Å². The van der Waals surface area contributed by atoms with Crippen LogP contribution in [-0.2, 0) is 9.53 Å². The highest BCUT2D eigenvalue weighted by Gasteiger charge is 2.28. The van der Waals surface area contributed by atoms with Crippen LogP contribution in [0.25, 0.3) is 0 Å². The van der Waals surface area contributed by atoms with Crippen LogP contribution < -0.4 is 10.6 Å². The van der Waals surface area contributed by atoms with Crippen LogP contribution in [0.4, 0.5) is 17.1 Å². The molecule has 0 aliphatic carbocycles. The summed E-state index contributed by atoms with van der Waals surface area (Å²) in [5.41, 5.74) is 2.68. The van der Waals surface area contributed by atoms with E-state index in [4.69, 9.17) is 4.74 Å². The van der Waals surface area contributed by atoms with E-state index in [1.165, 1.54) is 0 Å². The minimum absolute atomic E-state index is 0.0294. The van der Waals surface area contributed by atoms with E-state index in [9.17, 15) is 4.79 Å². The largest absolute Gasteiger partial charge is 0.370 e. The fourth-order valence-electron chi connectivity index (χ4n) is 2.86. The normalized spacial score (nSPS) is 16.4. The Morgan fingerprint density at radius 2 is 1.62 bits per heavy atom. The van der Waals surface area contributed by atoms with Crippen LogP contribution >= 0.6 is 0 Å². The lowest BCUT2D eigenvalue weighted by molar-refractivity contribution is -0.909. The van der Waals surface area contributed by atoms with Crippen molar-refractivity contribution in [3.8, 4) is 0 Å². The van der Waals surface area contributed by atoms with Gasteiger partial charge in [-0.2, -0.15) is 0 Å². The number of morpholine rings is 1. The van der Waals surface area contributed by atoms with Gasteiger partial charge in [-0.1, -0.05) is 30.3 Å². The SMILES string of the molecule is C[N+]1(CC(=O)Nc2ccccc2Nc2ccccc2)CCOCC1. The van der Waals surface area contributed by atoms with Crippen molar-refractivity contribution in [2.24, 2.45) is 0 Å². The number of ether oxygens (including phenoxy) is 1. The molecule has 0 aromatic heterocycles. The summed E-state index contributed by atoms with van der Waals surface area (Å²) in [6.45, 7) is 3.64. The second-order valence-corrected chi connectivity index (χ2v) is 6.42. The summed E-state index contributed by atoms with van der Waals surface area (Å²) in [6, 6.07) is 17.7. The molecule has 3 rings (SSSR count). The predicted molar refractivity (Wildman–Crippen MR) is 96.4 cm³/mol. The number of carbonyl (C=O) groups excluding carboxylic acids is 1. The molecule has 0 spiro atoms. The molecule has 1 amide bonds. The zero-order valence-corrected chi connectivity index (χ0v) is 14.0. The lowest BCUT2D eigenvalue weighted by atomic mass is 10.2. The first-order chi connectivity index (χ1) is 11.6. The van der Waals surface area contributed by atoms with Crippen LogP contribution in [0.15, 0.2) is 54.6 Å². The minimum atomic E-state index is 0.0294. The number of nitrogens with zero attached hydrogens (tertiary/aromatic N) is 1. The molecule has 5 heteroatoms. The molecule has 0 radical (unpaired) electrons. The highest BCUT2D eigenvalue weighted by Crippen LogP contribution is 2.25. The molecule has 1 fully saturated rings. The van der Waals surface area contributed by atoms with Gasteiger partial charge >= 0.3 is 0 Å². The second-order valence-electron chi connectivity index (χ2n) is 6.42. The third-order valence-electron chi connectivity index (χ3n) is 4.33. The number of nitrogens with one attached hydrogen (secondary N) is 2. The van der Waals surface area contributed by atoms with Gasteiger partial charge in [0.05, 0.1) is 31.6 Å². The molecule has 126 valence electrons. The number of anilines is 3. The Morgan fingerprint density at radius 1 is 1.00 bits per heavy atom. The molecule has 0 saturated carbocycles. The van der Waals surface area contributed by atoms with Crippen molar-refractivity contribution in [2.45, 2.75) is 0 Å². The fraction of sp³-hybridized carbons (Fsp3) is 0.316. The number of hydrogen-bond donors (Lipinski definition) is 2. The quantitative estimate of drug-likeness (QED) is 0.831. The van der Waals surface area contributed by atoms with Gasteiger partial charge in [-0.15, -0.1) is 0 Å². The van der Waals surface area contributed by atoms with Crippen molar-refractivity contribution in [3.63, 3.8) is 0 Å². The first-order valence-electron chi connectivity index (χ1n) is 8.27. The maximum Gasteiger partial charge on any atom is 0.279 e. The summed E-state index contributed by atoms with van der Waals surface area (Å²) in [6.07, 6.45) is 0. The predicted octanol–water partition coefficient (Wildman–Crippen LogP) is 2.85. The standard InChI is InChI=1S/C19H23N3O2/c1-22(11-13-24-14-12-22)15-19(23)21-18-10-6-5-9-17(18)20-16-7-3-2-4-8-16/h2-10,20H,11-15H2,1H3/p+1. The van der Waals surface area contributed by atoms with Crippen LogP contribution in [-0.4, -0.2) is 50.3 Å². The Kier molecular flexibility index (Phi) is 5.13. The topological polar surface area (TPSA) is 50.4 Å². The van der Waals surface area contributed by atoms with E-state index in [1.54, 1.807) is 0 Å². The summed E-state index contributed by atoms with van der Waals surface area (Å²) >= 11 is 0. The van der Waals surface area contributed by atoms with Crippen LogP contribution in [0.3, 0.4) is 0 Å². The van der Waals surface area contributed by atoms with Crippen molar-refractivity contribution in [3.05, 3.63) is 54.6 Å². The van der Waals surface area contributed by atoms with Gasteiger partial charge in [0.15, 0.2) is 6.54 Å². The Labute approximate surface area is 142 Å². The lowest BCUT2D eigenvalue weighted by Crippen LogP contribution is -2.55. The van der Waals surface area contributed by atoms with Gasteiger partial charge in [0.25, 0.3) is 5.91 Å². The van der Waals surface area contributed by atoms with Gasteiger partial charge in [0.2, 0.25) is 0 Å². The molecular weight excluding hydrogens is 302 g/mol. The summed E-state index contributed by atoms with van der Waals surface area (Å²) in [5, 5.41) is 6.40. The fourth-order valence-corrected chi connectivity index (χ4v) is 2.86. The minimum Gasteiger partial charge on any atom is -0.370 e. The molecule has 0 unspecified atom stereocenters. The average Bonchev–Trinajstić information content (AvgIpc) is 2.58. The summed E-state index contributed by atoms with van der Waals surface area (Å²) in [7, 11) is 2.11. The molecule has 1 heterocycles. The molecule has 2 N–H and O–H groups in total. The third kappa shape index (κ3) is 4.34. The Hall–Kier alpha value is -2.37. The number of para-hydroxylation sites is 3. The molecule has 2 aromatic rings. The molecule has 2 aromatic carbocycles. The zero-order valence-electron chi connectivity index (χ0n) is 14.0. The monoisotopic (exact) mass is 326 g/mol. The van der Waals surface area contributed by atoms with E-state index in [1.807, 2.05) is 54.6 Å². The highest BCUT2D eigenvalue weighted by atomic mass is 16.5. The van der Waals surface area contributed by atoms with Crippen LogP contribution in [0.1, 0.15) is 0 Å². The van der Waals surface area contributed by atoms with Gasteiger partial charge in [-0.05, 0) is 24.3 Å². The third-order valence-corrected chi connectivity index (χ3v) is 4.33. The van der Waals surface area contributed by atoms with Gasteiger partial charge in [0, 0.05) is 5.69 Å². The van der Waals surface area contributed by atoms with Crippen LogP contribution in [0.5, 0.6) is 0 Å². The van der Waals surface area contributed by atoms with E-state index < -0.39 is 0 Å². The highest BCUT2D eigenvalue weighted by molar-refractivity contribution is 5.95. The Bertz CT molecular complexity index is 682. The van der Waals surface area contributed by atoms with E-state index in [-0.39, 0.29) is 5.91 Å². The average molecular weight is 326 g/mol. The molecule has 0 bridgehead atoms. The van der Waals surface area contributed by atoms with E-state index >= 15 is 0 Å². The Balaban J connectivity index is 1.67. The van der Waals surface area contributed by atoms with Crippen LogP contribution in [0, 0.1) is 0 Å². The van der Waals surface area contributed by atoms with Crippen molar-refractivity contribution in [1.82, 2.24) is 0 Å². The zero-order chi connectivity index (χ0) is 16.8. The van der Waals surface area contributed by atoms with Crippen molar-refractivity contribution in [1.29, 1.82) is 0 Å². The molecule has 0 atom stereocenters. The number of likely N-dealkylation sites (N-methyl/N-ethyl adjacent to an activating group) is 1. The Morgan fingerprint density at radius 3 is 2.33 bits per heavy atom. The summed E-state index contributed by atoms with van der Waals surface area (Å²) in [5.74, 6) is 0.0294. The maximum atomic E-state index is 12.5. The van der Waals surface area contributed by atoms with Crippen molar-refractivity contribution in [2.75, 3.05) is 50.5 Å². The molecular formula is C19H24N3O2+. The lowest BCUT2D eigenvalue weighted by Gasteiger charge is -2.36. The number of benzene rings is 2. The number of rotatable bonds is 5. The van der Waals surface area contributed by atoms with E-state index in [0.29, 0.717) is 6.54 Å². The first-order valence-corrected chi connectivity index (χ1v) is 8.27.